The summed E-state index contributed by atoms with van der Waals surface area (Å²) in [6.07, 6.45) is 2.32. The van der Waals surface area contributed by atoms with Gasteiger partial charge in [0.15, 0.2) is 0 Å². The van der Waals surface area contributed by atoms with Crippen molar-refractivity contribution in [1.29, 1.82) is 0 Å². The first-order chi connectivity index (χ1) is 5.88. The Morgan fingerprint density at radius 3 is 2.75 bits per heavy atom. The molecule has 3 nitrogen and oxygen atoms in total. The minimum Gasteiger partial charge on any atom is -0.382 e. The van der Waals surface area contributed by atoms with E-state index in [4.69, 9.17) is 0 Å². The first-order valence-electron chi connectivity index (χ1n) is 4.65. The number of hydrogen-bond acceptors (Lipinski definition) is 2. The van der Waals surface area contributed by atoms with Crippen LogP contribution < -0.4 is 5.32 Å². The molecule has 12 heavy (non-hydrogen) atoms. The first-order valence-corrected chi connectivity index (χ1v) is 4.65. The molecule has 0 amide bonds. The third-order valence-electron chi connectivity index (χ3n) is 1.91. The number of fused-ring (bicyclic) bond motifs is 1. The van der Waals surface area contributed by atoms with E-state index in [0.717, 1.165) is 18.7 Å². The van der Waals surface area contributed by atoms with Gasteiger partial charge in [0.25, 0.3) is 0 Å². The molecule has 1 aromatic heterocycles. The molecule has 0 atom stereocenters. The van der Waals surface area contributed by atoms with Crippen molar-refractivity contribution in [3.63, 3.8) is 0 Å². The Morgan fingerprint density at radius 1 is 1.33 bits per heavy atom. The lowest BCUT2D eigenvalue weighted by Gasteiger charge is -2.12. The van der Waals surface area contributed by atoms with Crippen molar-refractivity contribution in [2.24, 2.45) is 0 Å². The van der Waals surface area contributed by atoms with E-state index in [2.05, 4.69) is 15.5 Å². The van der Waals surface area contributed by atoms with Gasteiger partial charge >= 0.3 is 0 Å². The van der Waals surface area contributed by atoms with Crippen LogP contribution in [-0.4, -0.2) is 16.7 Å². The number of aryl methyl sites for hydroxylation is 2. The van der Waals surface area contributed by atoms with Gasteiger partial charge in [-0.2, -0.15) is 5.10 Å². The van der Waals surface area contributed by atoms with E-state index in [0.29, 0.717) is 0 Å². The minimum atomic E-state index is 1.09. The molecule has 0 spiro atoms. The highest BCUT2D eigenvalue weighted by Crippen LogP contribution is 2.21. The van der Waals surface area contributed by atoms with Gasteiger partial charge in [-0.15, -0.1) is 0 Å². The molecule has 0 aliphatic carbocycles. The molecular formula is C9H17N3. The molecule has 1 aliphatic rings. The molecule has 3 heteroatoms. The van der Waals surface area contributed by atoms with E-state index in [1.807, 2.05) is 20.8 Å². The highest BCUT2D eigenvalue weighted by atomic mass is 15.2. The molecule has 2 heterocycles. The van der Waals surface area contributed by atoms with Crippen LogP contribution in [0.15, 0.2) is 0 Å². The molecule has 0 unspecified atom stereocenters. The van der Waals surface area contributed by atoms with E-state index in [1.54, 1.807) is 0 Å². The van der Waals surface area contributed by atoms with E-state index in [1.165, 1.54) is 17.8 Å². The standard InChI is InChI=1S/C7H11N3.C2H6/c1-5-7-6(10-9-5)3-2-4-8-7;1-2/h8H,2-4H2,1H3,(H,9,10);1-2H3. The molecule has 0 radical (unpaired) electrons. The summed E-state index contributed by atoms with van der Waals surface area (Å²) in [4.78, 5) is 0. The maximum atomic E-state index is 4.17. The van der Waals surface area contributed by atoms with Crippen LogP contribution in [0.25, 0.3) is 0 Å². The highest BCUT2D eigenvalue weighted by molar-refractivity contribution is 5.53. The molecule has 0 saturated heterocycles. The zero-order valence-electron chi connectivity index (χ0n) is 8.07. The number of anilines is 1. The van der Waals surface area contributed by atoms with Gasteiger partial charge in [0, 0.05) is 6.54 Å². The van der Waals surface area contributed by atoms with Crippen molar-refractivity contribution >= 4 is 5.69 Å². The Kier molecular flexibility index (Phi) is 3.14. The Balaban J connectivity index is 0.000000336. The molecule has 0 saturated carbocycles. The lowest BCUT2D eigenvalue weighted by molar-refractivity contribution is 0.801. The number of H-pyrrole nitrogens is 1. The third kappa shape index (κ3) is 1.60. The van der Waals surface area contributed by atoms with E-state index in [-0.39, 0.29) is 0 Å². The van der Waals surface area contributed by atoms with Crippen molar-refractivity contribution in [3.05, 3.63) is 11.4 Å². The van der Waals surface area contributed by atoms with Gasteiger partial charge in [-0.3, -0.25) is 5.10 Å². The maximum absolute atomic E-state index is 4.17. The number of aromatic amines is 1. The largest absolute Gasteiger partial charge is 0.382 e. The van der Waals surface area contributed by atoms with Gasteiger partial charge in [0.05, 0.1) is 17.1 Å². The molecule has 68 valence electrons. The molecule has 1 aliphatic heterocycles. The monoisotopic (exact) mass is 167 g/mol. The van der Waals surface area contributed by atoms with Crippen LogP contribution in [0.1, 0.15) is 31.7 Å². The predicted molar refractivity (Wildman–Crippen MR) is 51.5 cm³/mol. The summed E-state index contributed by atoms with van der Waals surface area (Å²) < 4.78 is 0. The van der Waals surface area contributed by atoms with Crippen molar-refractivity contribution in [3.8, 4) is 0 Å². The summed E-state index contributed by atoms with van der Waals surface area (Å²) in [5.74, 6) is 0. The summed E-state index contributed by atoms with van der Waals surface area (Å²) in [5.41, 5.74) is 3.59. The predicted octanol–water partition coefficient (Wildman–Crippen LogP) is 2.10. The highest BCUT2D eigenvalue weighted by Gasteiger charge is 2.12. The summed E-state index contributed by atoms with van der Waals surface area (Å²) in [6.45, 7) is 7.14. The summed E-state index contributed by atoms with van der Waals surface area (Å²) in [6, 6.07) is 0. The molecule has 2 N–H and O–H groups in total. The molecule has 2 rings (SSSR count). The van der Waals surface area contributed by atoms with Crippen LogP contribution in [0.2, 0.25) is 0 Å². The number of aromatic nitrogens is 2. The van der Waals surface area contributed by atoms with Crippen LogP contribution in [0.5, 0.6) is 0 Å². The van der Waals surface area contributed by atoms with Gasteiger partial charge < -0.3 is 5.32 Å². The number of nitrogens with zero attached hydrogens (tertiary/aromatic N) is 1. The average molecular weight is 167 g/mol. The van der Waals surface area contributed by atoms with E-state index in [9.17, 15) is 0 Å². The van der Waals surface area contributed by atoms with Gasteiger partial charge in [-0.25, -0.2) is 0 Å². The first kappa shape index (κ1) is 9.10. The average Bonchev–Trinajstić information content (AvgIpc) is 2.53. The minimum absolute atomic E-state index is 1.09. The fourth-order valence-corrected chi connectivity index (χ4v) is 1.36. The quantitative estimate of drug-likeness (QED) is 0.621. The number of rotatable bonds is 0. The molecular weight excluding hydrogens is 150 g/mol. The van der Waals surface area contributed by atoms with Crippen molar-refractivity contribution in [1.82, 2.24) is 10.2 Å². The second kappa shape index (κ2) is 4.14. The van der Waals surface area contributed by atoms with Crippen LogP contribution in [-0.2, 0) is 6.42 Å². The summed E-state index contributed by atoms with van der Waals surface area (Å²) in [7, 11) is 0. The van der Waals surface area contributed by atoms with Gasteiger partial charge in [-0.05, 0) is 19.8 Å². The third-order valence-corrected chi connectivity index (χ3v) is 1.91. The van der Waals surface area contributed by atoms with Crippen LogP contribution in [0, 0.1) is 6.92 Å². The molecule has 0 bridgehead atoms. The normalized spacial score (nSPS) is 13.9. The second-order valence-corrected chi connectivity index (χ2v) is 2.70. The zero-order valence-corrected chi connectivity index (χ0v) is 8.07. The maximum Gasteiger partial charge on any atom is 0.0856 e. The number of nitrogens with one attached hydrogen (secondary N) is 2. The zero-order chi connectivity index (χ0) is 8.97. The second-order valence-electron chi connectivity index (χ2n) is 2.70. The lowest BCUT2D eigenvalue weighted by Crippen LogP contribution is -2.10. The Morgan fingerprint density at radius 2 is 2.08 bits per heavy atom. The topological polar surface area (TPSA) is 40.7 Å². The van der Waals surface area contributed by atoms with Crippen molar-refractivity contribution in [2.75, 3.05) is 11.9 Å². The molecule has 1 aromatic rings. The summed E-state index contributed by atoms with van der Waals surface area (Å²) >= 11 is 0. The van der Waals surface area contributed by atoms with Crippen molar-refractivity contribution in [2.45, 2.75) is 33.6 Å². The fourth-order valence-electron chi connectivity index (χ4n) is 1.36. The van der Waals surface area contributed by atoms with Gasteiger partial charge in [0.2, 0.25) is 0 Å². The van der Waals surface area contributed by atoms with Crippen LogP contribution in [0.3, 0.4) is 0 Å². The lowest BCUT2D eigenvalue weighted by atomic mass is 10.1. The van der Waals surface area contributed by atoms with Crippen LogP contribution >= 0.6 is 0 Å². The smallest absolute Gasteiger partial charge is 0.0856 e. The molecule has 0 aromatic carbocycles. The Labute approximate surface area is 73.6 Å². The fraction of sp³-hybridized carbons (Fsp3) is 0.667. The van der Waals surface area contributed by atoms with Crippen LogP contribution in [0.4, 0.5) is 5.69 Å². The Bertz CT molecular complexity index is 240. The van der Waals surface area contributed by atoms with Crippen molar-refractivity contribution < 1.29 is 0 Å². The SMILES string of the molecule is CC.Cc1[nH]nc2c1NCCC2. The summed E-state index contributed by atoms with van der Waals surface area (Å²) in [5, 5.41) is 10.5. The van der Waals surface area contributed by atoms with E-state index < -0.39 is 0 Å². The Hall–Kier alpha value is -0.990. The van der Waals surface area contributed by atoms with E-state index >= 15 is 0 Å². The van der Waals surface area contributed by atoms with Gasteiger partial charge in [-0.1, -0.05) is 13.8 Å². The number of hydrogen-bond donors (Lipinski definition) is 2. The van der Waals surface area contributed by atoms with Gasteiger partial charge in [0.1, 0.15) is 0 Å². The molecule has 0 fully saturated rings.